The zero-order valence-electron chi connectivity index (χ0n) is 18.7. The van der Waals surface area contributed by atoms with Gasteiger partial charge in [0.05, 0.1) is 18.2 Å². The Balaban J connectivity index is 1.28. The van der Waals surface area contributed by atoms with Crippen molar-refractivity contribution in [2.24, 2.45) is 0 Å². The Hall–Kier alpha value is -4.18. The van der Waals surface area contributed by atoms with Crippen molar-refractivity contribution in [3.8, 4) is 22.6 Å². The quantitative estimate of drug-likeness (QED) is 0.406. The topological polar surface area (TPSA) is 122 Å². The van der Waals surface area contributed by atoms with Gasteiger partial charge < -0.3 is 25.1 Å². The third-order valence-corrected chi connectivity index (χ3v) is 7.33. The number of amides is 2. The first-order valence-corrected chi connectivity index (χ1v) is 11.9. The number of hydrogen-bond donors (Lipinski definition) is 3. The summed E-state index contributed by atoms with van der Waals surface area (Å²) < 4.78 is 10.7. The van der Waals surface area contributed by atoms with Gasteiger partial charge >= 0.3 is 0 Å². The van der Waals surface area contributed by atoms with Gasteiger partial charge in [0, 0.05) is 17.0 Å². The molecule has 2 aliphatic rings. The third-order valence-electron chi connectivity index (χ3n) is 6.18. The average molecular weight is 489 g/mol. The highest BCUT2D eigenvalue weighted by molar-refractivity contribution is 7.19. The zero-order valence-corrected chi connectivity index (χ0v) is 19.5. The van der Waals surface area contributed by atoms with Crippen molar-refractivity contribution in [1.29, 1.82) is 0 Å². The first-order valence-electron chi connectivity index (χ1n) is 11.1. The number of nitrogens with one attached hydrogen (secondary N) is 3. The SMILES string of the molecule is COc1ccc2c(c1)CCc1sc3nc(C(=O)NCc4ccc5c(c4)NC(=O)CO5)[nH]c(=O)c3c1-2. The van der Waals surface area contributed by atoms with Crippen molar-refractivity contribution in [2.45, 2.75) is 19.4 Å². The van der Waals surface area contributed by atoms with Crippen LogP contribution >= 0.6 is 11.3 Å². The maximum absolute atomic E-state index is 13.1. The molecule has 0 spiro atoms. The molecular formula is C25H20N4O5S. The molecule has 2 aromatic heterocycles. The van der Waals surface area contributed by atoms with E-state index in [1.807, 2.05) is 18.2 Å². The average Bonchev–Trinajstić information content (AvgIpc) is 3.26. The molecular weight excluding hydrogens is 468 g/mol. The summed E-state index contributed by atoms with van der Waals surface area (Å²) in [5.41, 5.74) is 4.02. The Morgan fingerprint density at radius 1 is 1.20 bits per heavy atom. The monoisotopic (exact) mass is 488 g/mol. The van der Waals surface area contributed by atoms with Crippen LogP contribution in [0.1, 0.15) is 26.6 Å². The van der Waals surface area contributed by atoms with Crippen LogP contribution in [0.3, 0.4) is 0 Å². The van der Waals surface area contributed by atoms with E-state index in [-0.39, 0.29) is 30.4 Å². The molecule has 9 nitrogen and oxygen atoms in total. The minimum absolute atomic E-state index is 0.0173. The number of nitrogens with zero attached hydrogens (tertiary/aromatic N) is 1. The minimum atomic E-state index is -0.487. The van der Waals surface area contributed by atoms with Crippen LogP contribution in [0.5, 0.6) is 11.5 Å². The lowest BCUT2D eigenvalue weighted by Crippen LogP contribution is -2.28. The fraction of sp³-hybridized carbons (Fsp3) is 0.200. The first-order chi connectivity index (χ1) is 17.0. The van der Waals surface area contributed by atoms with Crippen molar-refractivity contribution in [2.75, 3.05) is 19.0 Å². The van der Waals surface area contributed by atoms with Crippen LogP contribution in [0.4, 0.5) is 5.69 Å². The maximum Gasteiger partial charge on any atom is 0.287 e. The van der Waals surface area contributed by atoms with E-state index in [1.54, 1.807) is 25.3 Å². The van der Waals surface area contributed by atoms with Gasteiger partial charge in [-0.3, -0.25) is 14.4 Å². The summed E-state index contributed by atoms with van der Waals surface area (Å²) in [6, 6.07) is 11.2. The number of benzene rings is 2. The highest BCUT2D eigenvalue weighted by Crippen LogP contribution is 2.42. The van der Waals surface area contributed by atoms with Crippen molar-refractivity contribution < 1.29 is 19.1 Å². The molecule has 10 heteroatoms. The van der Waals surface area contributed by atoms with Crippen LogP contribution in [0.2, 0.25) is 0 Å². The molecule has 6 rings (SSSR count). The van der Waals surface area contributed by atoms with Crippen LogP contribution in [-0.2, 0) is 24.2 Å². The number of aryl methyl sites for hydroxylation is 2. The number of anilines is 1. The Bertz CT molecular complexity index is 1590. The van der Waals surface area contributed by atoms with Crippen LogP contribution < -0.4 is 25.7 Å². The van der Waals surface area contributed by atoms with E-state index in [4.69, 9.17) is 9.47 Å². The van der Waals surface area contributed by atoms with E-state index in [2.05, 4.69) is 20.6 Å². The number of methoxy groups -OCH3 is 1. The van der Waals surface area contributed by atoms with Crippen molar-refractivity contribution in [1.82, 2.24) is 15.3 Å². The standard InChI is InChI=1S/C25H20N4O5S/c1-33-14-4-5-15-13(9-14)3-7-18-20(15)21-23(31)28-22(29-25(21)35-18)24(32)26-10-12-2-6-17-16(8-12)27-19(30)11-34-17/h2,4-6,8-9H,3,7,10-11H2,1H3,(H,26,32)(H,27,30)(H,28,29,31). The molecule has 0 bridgehead atoms. The molecule has 2 aromatic carbocycles. The lowest BCUT2D eigenvalue weighted by Gasteiger charge is -2.18. The number of H-pyrrole nitrogens is 1. The fourth-order valence-corrected chi connectivity index (χ4v) is 5.71. The number of carbonyl (C=O) groups is 2. The molecule has 4 aromatic rings. The molecule has 0 fully saturated rings. The smallest absolute Gasteiger partial charge is 0.287 e. The van der Waals surface area contributed by atoms with Gasteiger partial charge in [-0.15, -0.1) is 11.3 Å². The minimum Gasteiger partial charge on any atom is -0.497 e. The van der Waals surface area contributed by atoms with Crippen LogP contribution in [-0.4, -0.2) is 35.5 Å². The highest BCUT2D eigenvalue weighted by Gasteiger charge is 2.25. The molecule has 0 radical (unpaired) electrons. The lowest BCUT2D eigenvalue weighted by molar-refractivity contribution is -0.118. The Morgan fingerprint density at radius 3 is 2.94 bits per heavy atom. The fourth-order valence-electron chi connectivity index (χ4n) is 4.52. The molecule has 0 atom stereocenters. The Kier molecular flexibility index (Phi) is 5.03. The Morgan fingerprint density at radius 2 is 2.09 bits per heavy atom. The van der Waals surface area contributed by atoms with E-state index >= 15 is 0 Å². The number of carbonyl (C=O) groups excluding carboxylic acids is 2. The summed E-state index contributed by atoms with van der Waals surface area (Å²) in [6.07, 6.45) is 1.65. The van der Waals surface area contributed by atoms with Crippen LogP contribution in [0.25, 0.3) is 21.3 Å². The summed E-state index contributed by atoms with van der Waals surface area (Å²) in [5, 5.41) is 6.04. The molecule has 0 saturated heterocycles. The van der Waals surface area contributed by atoms with Gasteiger partial charge in [-0.25, -0.2) is 4.98 Å². The number of hydrogen-bond acceptors (Lipinski definition) is 7. The lowest BCUT2D eigenvalue weighted by atomic mass is 9.89. The number of rotatable bonds is 4. The third kappa shape index (κ3) is 3.71. The molecule has 176 valence electrons. The number of thiophene rings is 1. The van der Waals surface area contributed by atoms with E-state index in [1.165, 1.54) is 11.3 Å². The molecule has 1 aliphatic carbocycles. The number of aromatic amines is 1. The van der Waals surface area contributed by atoms with Gasteiger partial charge in [0.1, 0.15) is 16.3 Å². The second-order valence-electron chi connectivity index (χ2n) is 8.37. The largest absolute Gasteiger partial charge is 0.497 e. The van der Waals surface area contributed by atoms with Crippen molar-refractivity contribution in [3.63, 3.8) is 0 Å². The van der Waals surface area contributed by atoms with E-state index in [9.17, 15) is 14.4 Å². The number of fused-ring (bicyclic) bond motifs is 6. The van der Waals surface area contributed by atoms with E-state index < -0.39 is 5.91 Å². The summed E-state index contributed by atoms with van der Waals surface area (Å²) in [5.74, 6) is 0.614. The van der Waals surface area contributed by atoms with Gasteiger partial charge in [0.2, 0.25) is 5.82 Å². The summed E-state index contributed by atoms with van der Waals surface area (Å²) in [4.78, 5) is 46.2. The predicted molar refractivity (Wildman–Crippen MR) is 131 cm³/mol. The van der Waals surface area contributed by atoms with Crippen LogP contribution in [0.15, 0.2) is 41.2 Å². The van der Waals surface area contributed by atoms with E-state index in [0.29, 0.717) is 21.7 Å². The molecule has 1 aliphatic heterocycles. The second kappa shape index (κ2) is 8.24. The van der Waals surface area contributed by atoms with Crippen LogP contribution in [0, 0.1) is 0 Å². The van der Waals surface area contributed by atoms with Gasteiger partial charge in [0.15, 0.2) is 6.61 Å². The van der Waals surface area contributed by atoms with Crippen molar-refractivity contribution in [3.05, 3.63) is 68.6 Å². The molecule has 35 heavy (non-hydrogen) atoms. The summed E-state index contributed by atoms with van der Waals surface area (Å²) >= 11 is 1.45. The number of aromatic nitrogens is 2. The molecule has 0 unspecified atom stereocenters. The molecule has 3 N–H and O–H groups in total. The Labute approximate surface area is 203 Å². The maximum atomic E-state index is 13.1. The van der Waals surface area contributed by atoms with Crippen molar-refractivity contribution >= 4 is 39.1 Å². The van der Waals surface area contributed by atoms with Gasteiger partial charge in [-0.1, -0.05) is 12.1 Å². The summed E-state index contributed by atoms with van der Waals surface area (Å²) in [6.45, 7) is 0.177. The molecule has 3 heterocycles. The highest BCUT2D eigenvalue weighted by atomic mass is 32.1. The van der Waals surface area contributed by atoms with Gasteiger partial charge in [0.25, 0.3) is 17.4 Å². The first kappa shape index (κ1) is 21.4. The molecule has 2 amide bonds. The molecule has 0 saturated carbocycles. The normalized spacial score (nSPS) is 13.8. The van der Waals surface area contributed by atoms with E-state index in [0.717, 1.165) is 45.7 Å². The second-order valence-corrected chi connectivity index (χ2v) is 9.45. The summed E-state index contributed by atoms with van der Waals surface area (Å²) in [7, 11) is 1.63. The predicted octanol–water partition coefficient (Wildman–Crippen LogP) is 3.02. The zero-order chi connectivity index (χ0) is 24.1. The van der Waals surface area contributed by atoms with Gasteiger partial charge in [-0.05, 0) is 53.8 Å². The van der Waals surface area contributed by atoms with Gasteiger partial charge in [-0.2, -0.15) is 0 Å². The number of ether oxygens (including phenoxy) is 2.